The second-order valence-electron chi connectivity index (χ2n) is 8.41. The molecule has 0 radical (unpaired) electrons. The van der Waals surface area contributed by atoms with Crippen LogP contribution in [-0.4, -0.2) is 59.3 Å². The molecule has 0 bridgehead atoms. The van der Waals surface area contributed by atoms with Gasteiger partial charge in [0.2, 0.25) is 0 Å². The quantitative estimate of drug-likeness (QED) is 0.497. The summed E-state index contributed by atoms with van der Waals surface area (Å²) < 4.78 is 31.7. The van der Waals surface area contributed by atoms with E-state index in [0.717, 1.165) is 50.5 Å². The Bertz CT molecular complexity index is 1000. The van der Waals surface area contributed by atoms with E-state index in [2.05, 4.69) is 37.6 Å². The first-order valence-corrected chi connectivity index (χ1v) is 11.4. The SMILES string of the molecule is NC(=O)c1ncc(N2CCCCC2)nc1Nc1ccc(C2CCNCC2)cc1.O=C(O)C(F)(F)F. The topological polar surface area (TPSA) is 133 Å². The lowest BCUT2D eigenvalue weighted by Gasteiger charge is -2.28. The summed E-state index contributed by atoms with van der Waals surface area (Å²) in [7, 11) is 0. The van der Waals surface area contributed by atoms with Crippen LogP contribution in [0.5, 0.6) is 0 Å². The molecule has 4 rings (SSSR count). The maximum Gasteiger partial charge on any atom is 0.490 e. The number of hydrogen-bond donors (Lipinski definition) is 4. The van der Waals surface area contributed by atoms with E-state index in [1.807, 2.05) is 12.1 Å². The van der Waals surface area contributed by atoms with Gasteiger partial charge in [-0.2, -0.15) is 13.2 Å². The molecule has 1 aromatic heterocycles. The molecule has 0 unspecified atom stereocenters. The molecule has 0 aliphatic carbocycles. The molecule has 1 amide bonds. The minimum Gasteiger partial charge on any atom is -0.475 e. The number of nitrogens with two attached hydrogens (primary N) is 1. The van der Waals surface area contributed by atoms with Gasteiger partial charge in [-0.1, -0.05) is 12.1 Å². The van der Waals surface area contributed by atoms with E-state index in [9.17, 15) is 18.0 Å². The molecule has 2 aliphatic rings. The lowest BCUT2D eigenvalue weighted by molar-refractivity contribution is -0.192. The zero-order chi connectivity index (χ0) is 25.4. The van der Waals surface area contributed by atoms with Crippen LogP contribution < -0.4 is 21.3 Å². The molecule has 2 aromatic rings. The standard InChI is InChI=1S/C21H28N6O.C2HF3O2/c22-20(28)19-21(26-18(14-24-19)27-12-2-1-3-13-27)25-17-6-4-15(5-7-17)16-8-10-23-11-9-16;3-2(4,5)1(6)7/h4-7,14,16,23H,1-3,8-13H2,(H2,22,28)(H,25,26);(H,6,7). The van der Waals surface area contributed by atoms with E-state index in [-0.39, 0.29) is 5.69 Å². The van der Waals surface area contributed by atoms with E-state index in [4.69, 9.17) is 15.6 Å². The lowest BCUT2D eigenvalue weighted by Crippen LogP contribution is -2.31. The van der Waals surface area contributed by atoms with Crippen molar-refractivity contribution < 1.29 is 27.9 Å². The van der Waals surface area contributed by atoms with E-state index in [1.165, 1.54) is 24.8 Å². The second-order valence-corrected chi connectivity index (χ2v) is 8.41. The number of primary amides is 1. The van der Waals surface area contributed by atoms with Crippen LogP contribution in [-0.2, 0) is 4.79 Å². The Morgan fingerprint density at radius 3 is 2.23 bits per heavy atom. The van der Waals surface area contributed by atoms with Gasteiger partial charge in [0, 0.05) is 18.8 Å². The van der Waals surface area contributed by atoms with Crippen molar-refractivity contribution in [3.8, 4) is 0 Å². The molecule has 2 fully saturated rings. The number of rotatable bonds is 5. The number of aromatic nitrogens is 2. The number of carboxylic acid groups (broad SMARTS) is 1. The lowest BCUT2D eigenvalue weighted by atomic mass is 9.90. The van der Waals surface area contributed by atoms with Crippen molar-refractivity contribution in [3.05, 3.63) is 41.7 Å². The van der Waals surface area contributed by atoms with Gasteiger partial charge in [0.15, 0.2) is 11.5 Å². The number of halogens is 3. The highest BCUT2D eigenvalue weighted by Crippen LogP contribution is 2.28. The van der Waals surface area contributed by atoms with Crippen molar-refractivity contribution in [1.29, 1.82) is 0 Å². The molecule has 2 saturated heterocycles. The molecule has 12 heteroatoms. The first-order chi connectivity index (χ1) is 16.6. The monoisotopic (exact) mass is 494 g/mol. The van der Waals surface area contributed by atoms with Crippen LogP contribution >= 0.6 is 0 Å². The summed E-state index contributed by atoms with van der Waals surface area (Å²) in [6.45, 7) is 4.08. The third kappa shape index (κ3) is 7.54. The Balaban J connectivity index is 0.000000429. The van der Waals surface area contributed by atoms with Gasteiger partial charge in [-0.05, 0) is 68.8 Å². The van der Waals surface area contributed by atoms with Gasteiger partial charge in [-0.25, -0.2) is 14.8 Å². The van der Waals surface area contributed by atoms with Gasteiger partial charge >= 0.3 is 12.1 Å². The molecule has 0 spiro atoms. The highest BCUT2D eigenvalue weighted by molar-refractivity contribution is 5.96. The summed E-state index contributed by atoms with van der Waals surface area (Å²) in [6, 6.07) is 8.39. The van der Waals surface area contributed by atoms with Gasteiger partial charge in [0.25, 0.3) is 5.91 Å². The number of carboxylic acids is 1. The molecule has 1 aromatic carbocycles. The maximum absolute atomic E-state index is 11.8. The number of hydrogen-bond acceptors (Lipinski definition) is 7. The van der Waals surface area contributed by atoms with E-state index in [0.29, 0.717) is 11.7 Å². The van der Waals surface area contributed by atoms with E-state index >= 15 is 0 Å². The molecular formula is C23H29F3N6O3. The highest BCUT2D eigenvalue weighted by atomic mass is 19.4. The third-order valence-corrected chi connectivity index (χ3v) is 5.90. The highest BCUT2D eigenvalue weighted by Gasteiger charge is 2.38. The number of benzene rings is 1. The van der Waals surface area contributed by atoms with Crippen LogP contribution in [0.3, 0.4) is 0 Å². The summed E-state index contributed by atoms with van der Waals surface area (Å²) in [6.07, 6.45) is 2.46. The predicted octanol–water partition coefficient (Wildman–Crippen LogP) is 3.41. The first kappa shape index (κ1) is 26.2. The minimum absolute atomic E-state index is 0.170. The Hall–Kier alpha value is -3.41. The summed E-state index contributed by atoms with van der Waals surface area (Å²) in [5.74, 6) is -1.51. The fraction of sp³-hybridized carbons (Fsp3) is 0.478. The van der Waals surface area contributed by atoms with Crippen LogP contribution in [0, 0.1) is 0 Å². The number of nitrogens with one attached hydrogen (secondary N) is 2. The van der Waals surface area contributed by atoms with Crippen LogP contribution in [0.2, 0.25) is 0 Å². The third-order valence-electron chi connectivity index (χ3n) is 5.90. The molecular weight excluding hydrogens is 465 g/mol. The number of amides is 1. The number of nitrogens with zero attached hydrogens (tertiary/aromatic N) is 3. The zero-order valence-electron chi connectivity index (χ0n) is 19.1. The molecule has 190 valence electrons. The van der Waals surface area contributed by atoms with Crippen molar-refractivity contribution in [2.24, 2.45) is 5.73 Å². The van der Waals surface area contributed by atoms with Crippen molar-refractivity contribution in [2.75, 3.05) is 36.4 Å². The largest absolute Gasteiger partial charge is 0.490 e. The van der Waals surface area contributed by atoms with E-state index in [1.54, 1.807) is 6.20 Å². The second kappa shape index (κ2) is 11.8. The molecule has 0 atom stereocenters. The number of anilines is 3. The summed E-state index contributed by atoms with van der Waals surface area (Å²) in [4.78, 5) is 31.9. The first-order valence-electron chi connectivity index (χ1n) is 11.4. The van der Waals surface area contributed by atoms with Gasteiger partial charge < -0.3 is 26.4 Å². The van der Waals surface area contributed by atoms with Crippen molar-refractivity contribution in [1.82, 2.24) is 15.3 Å². The molecule has 0 saturated carbocycles. The molecule has 3 heterocycles. The number of carbonyl (C=O) groups excluding carboxylic acids is 1. The van der Waals surface area contributed by atoms with Crippen molar-refractivity contribution in [2.45, 2.75) is 44.2 Å². The Kier molecular flexibility index (Phi) is 8.85. The number of piperidine rings is 2. The predicted molar refractivity (Wildman–Crippen MR) is 125 cm³/mol. The Labute approximate surface area is 200 Å². The number of aliphatic carboxylic acids is 1. The average molecular weight is 495 g/mol. The number of alkyl halides is 3. The molecule has 5 N–H and O–H groups in total. The molecule has 9 nitrogen and oxygen atoms in total. The van der Waals surface area contributed by atoms with Crippen LogP contribution in [0.4, 0.5) is 30.5 Å². The summed E-state index contributed by atoms with van der Waals surface area (Å²) in [5.41, 5.74) is 7.92. The van der Waals surface area contributed by atoms with Crippen molar-refractivity contribution in [3.63, 3.8) is 0 Å². The minimum atomic E-state index is -5.08. The van der Waals surface area contributed by atoms with Crippen LogP contribution in [0.25, 0.3) is 0 Å². The van der Waals surface area contributed by atoms with Gasteiger partial charge in [0.05, 0.1) is 6.20 Å². The number of carbonyl (C=O) groups is 2. The van der Waals surface area contributed by atoms with Crippen molar-refractivity contribution >= 4 is 29.2 Å². The van der Waals surface area contributed by atoms with E-state index < -0.39 is 18.1 Å². The summed E-state index contributed by atoms with van der Waals surface area (Å²) >= 11 is 0. The average Bonchev–Trinajstić information content (AvgIpc) is 2.85. The van der Waals surface area contributed by atoms with Gasteiger partial charge in [-0.15, -0.1) is 0 Å². The summed E-state index contributed by atoms with van der Waals surface area (Å²) in [5, 5.41) is 13.8. The Morgan fingerprint density at radius 2 is 1.69 bits per heavy atom. The smallest absolute Gasteiger partial charge is 0.475 e. The van der Waals surface area contributed by atoms with Crippen LogP contribution in [0.1, 0.15) is 54.1 Å². The zero-order valence-corrected chi connectivity index (χ0v) is 19.1. The van der Waals surface area contributed by atoms with Gasteiger partial charge in [-0.3, -0.25) is 4.79 Å². The molecule has 2 aliphatic heterocycles. The van der Waals surface area contributed by atoms with Gasteiger partial charge in [0.1, 0.15) is 5.82 Å². The maximum atomic E-state index is 11.8. The molecule has 35 heavy (non-hydrogen) atoms. The Morgan fingerprint density at radius 1 is 1.09 bits per heavy atom. The van der Waals surface area contributed by atoms with Crippen LogP contribution in [0.15, 0.2) is 30.5 Å². The fourth-order valence-corrected chi connectivity index (χ4v) is 4.05. The normalized spacial score (nSPS) is 16.7. The fourth-order valence-electron chi connectivity index (χ4n) is 4.05.